The van der Waals surface area contributed by atoms with E-state index in [0.29, 0.717) is 23.1 Å². The number of aryl methyl sites for hydroxylation is 1. The van der Waals surface area contributed by atoms with E-state index in [9.17, 15) is 10.1 Å². The Morgan fingerprint density at radius 3 is 2.62 bits per heavy atom. The van der Waals surface area contributed by atoms with Gasteiger partial charge < -0.3 is 5.73 Å². The molecule has 0 aliphatic carbocycles. The Balaban J connectivity index is 2.53. The molecule has 1 aromatic heterocycles. The van der Waals surface area contributed by atoms with Crippen molar-refractivity contribution in [1.82, 2.24) is 9.97 Å². The number of nitrogens with zero attached hydrogens (tertiary/aromatic N) is 3. The number of benzene rings is 1. The second kappa shape index (κ2) is 5.87. The van der Waals surface area contributed by atoms with Crippen molar-refractivity contribution in [3.63, 3.8) is 0 Å². The summed E-state index contributed by atoms with van der Waals surface area (Å²) in [6.07, 6.45) is 0.785. The number of non-ortho nitro benzene ring substituents is 1. The van der Waals surface area contributed by atoms with Crippen molar-refractivity contribution in [2.24, 2.45) is 5.92 Å². The number of hydrogen-bond donors (Lipinski definition) is 1. The third-order valence-electron chi connectivity index (χ3n) is 3.09. The maximum Gasteiger partial charge on any atom is 0.270 e. The lowest BCUT2D eigenvalue weighted by atomic mass is 10.1. The average Bonchev–Trinajstić information content (AvgIpc) is 2.37. The lowest BCUT2D eigenvalue weighted by Crippen LogP contribution is -2.04. The molecule has 0 saturated carbocycles. The summed E-state index contributed by atoms with van der Waals surface area (Å²) in [7, 11) is 0. The van der Waals surface area contributed by atoms with E-state index in [1.807, 2.05) is 6.92 Å². The molecule has 0 aliphatic heterocycles. The number of anilines is 1. The third kappa shape index (κ3) is 3.53. The molecule has 0 atom stereocenters. The van der Waals surface area contributed by atoms with Crippen LogP contribution in [-0.2, 0) is 6.42 Å². The van der Waals surface area contributed by atoms with Crippen LogP contribution in [0.25, 0.3) is 11.4 Å². The molecule has 0 saturated heterocycles. The van der Waals surface area contributed by atoms with Gasteiger partial charge in [0.15, 0.2) is 5.82 Å². The van der Waals surface area contributed by atoms with Crippen molar-refractivity contribution in [1.29, 1.82) is 0 Å². The molecule has 2 rings (SSSR count). The number of nitro benzene ring substituents is 1. The zero-order valence-corrected chi connectivity index (χ0v) is 12.3. The van der Waals surface area contributed by atoms with Crippen LogP contribution in [-0.4, -0.2) is 14.9 Å². The zero-order chi connectivity index (χ0) is 15.6. The molecular formula is C15H18N4O2. The molecule has 1 aromatic carbocycles. The Hall–Kier alpha value is -2.50. The van der Waals surface area contributed by atoms with E-state index in [1.54, 1.807) is 12.1 Å². The molecule has 0 bridgehead atoms. The fourth-order valence-corrected chi connectivity index (χ4v) is 2.13. The van der Waals surface area contributed by atoms with E-state index in [1.165, 1.54) is 12.1 Å². The van der Waals surface area contributed by atoms with Crippen molar-refractivity contribution < 1.29 is 4.92 Å². The van der Waals surface area contributed by atoms with Gasteiger partial charge in [0, 0.05) is 29.5 Å². The summed E-state index contributed by atoms with van der Waals surface area (Å²) in [5.41, 5.74) is 8.22. The summed E-state index contributed by atoms with van der Waals surface area (Å²) in [6.45, 7) is 6.06. The SMILES string of the molecule is Cc1ccc([N+](=O)[O-])cc1-c1nc(N)cc(CC(C)C)n1. The predicted molar refractivity (Wildman–Crippen MR) is 81.8 cm³/mol. The minimum absolute atomic E-state index is 0.0204. The van der Waals surface area contributed by atoms with Crippen LogP contribution >= 0.6 is 0 Å². The Labute approximate surface area is 123 Å². The molecule has 0 radical (unpaired) electrons. The van der Waals surface area contributed by atoms with Crippen LogP contribution in [0.15, 0.2) is 24.3 Å². The van der Waals surface area contributed by atoms with Gasteiger partial charge in [-0.15, -0.1) is 0 Å². The summed E-state index contributed by atoms with van der Waals surface area (Å²) in [6, 6.07) is 6.40. The van der Waals surface area contributed by atoms with Crippen LogP contribution in [0.1, 0.15) is 25.1 Å². The van der Waals surface area contributed by atoms with E-state index in [4.69, 9.17) is 5.73 Å². The van der Waals surface area contributed by atoms with Gasteiger partial charge in [-0.25, -0.2) is 9.97 Å². The van der Waals surface area contributed by atoms with Crippen molar-refractivity contribution in [3.05, 3.63) is 45.6 Å². The number of aromatic nitrogens is 2. The molecule has 2 aromatic rings. The Morgan fingerprint density at radius 1 is 1.29 bits per heavy atom. The largest absolute Gasteiger partial charge is 0.384 e. The van der Waals surface area contributed by atoms with E-state index in [2.05, 4.69) is 23.8 Å². The van der Waals surface area contributed by atoms with Crippen LogP contribution in [0.2, 0.25) is 0 Å². The van der Waals surface area contributed by atoms with Gasteiger partial charge >= 0.3 is 0 Å². The summed E-state index contributed by atoms with van der Waals surface area (Å²) in [5, 5.41) is 10.9. The van der Waals surface area contributed by atoms with Crippen LogP contribution in [0, 0.1) is 23.0 Å². The molecule has 21 heavy (non-hydrogen) atoms. The van der Waals surface area contributed by atoms with Gasteiger partial charge in [-0.05, 0) is 24.8 Å². The van der Waals surface area contributed by atoms with Gasteiger partial charge in [-0.2, -0.15) is 0 Å². The van der Waals surface area contributed by atoms with Gasteiger partial charge in [-0.1, -0.05) is 19.9 Å². The third-order valence-corrected chi connectivity index (χ3v) is 3.09. The van der Waals surface area contributed by atoms with E-state index >= 15 is 0 Å². The van der Waals surface area contributed by atoms with Crippen molar-refractivity contribution >= 4 is 11.5 Å². The second-order valence-electron chi connectivity index (χ2n) is 5.46. The normalized spacial score (nSPS) is 10.9. The highest BCUT2D eigenvalue weighted by molar-refractivity contribution is 5.64. The monoisotopic (exact) mass is 286 g/mol. The summed E-state index contributed by atoms with van der Waals surface area (Å²) >= 11 is 0. The predicted octanol–water partition coefficient (Wildman–Crippen LogP) is 3.14. The van der Waals surface area contributed by atoms with Crippen LogP contribution in [0.3, 0.4) is 0 Å². The fourth-order valence-electron chi connectivity index (χ4n) is 2.13. The highest BCUT2D eigenvalue weighted by Crippen LogP contribution is 2.26. The van der Waals surface area contributed by atoms with Crippen molar-refractivity contribution in [3.8, 4) is 11.4 Å². The first-order chi connectivity index (χ1) is 9.86. The Bertz CT molecular complexity index is 683. The molecule has 2 N–H and O–H groups in total. The van der Waals surface area contributed by atoms with E-state index in [0.717, 1.165) is 17.7 Å². The van der Waals surface area contributed by atoms with E-state index < -0.39 is 4.92 Å². The summed E-state index contributed by atoms with van der Waals surface area (Å²) in [4.78, 5) is 19.2. The molecule has 110 valence electrons. The number of hydrogen-bond acceptors (Lipinski definition) is 5. The minimum Gasteiger partial charge on any atom is -0.384 e. The fraction of sp³-hybridized carbons (Fsp3) is 0.333. The van der Waals surface area contributed by atoms with Crippen LogP contribution in [0.4, 0.5) is 11.5 Å². The lowest BCUT2D eigenvalue weighted by Gasteiger charge is -2.09. The molecular weight excluding hydrogens is 268 g/mol. The molecule has 0 spiro atoms. The number of nitro groups is 1. The van der Waals surface area contributed by atoms with Crippen molar-refractivity contribution in [2.75, 3.05) is 5.73 Å². The van der Waals surface area contributed by atoms with Gasteiger partial charge in [0.25, 0.3) is 5.69 Å². The summed E-state index contributed by atoms with van der Waals surface area (Å²) < 4.78 is 0. The first kappa shape index (κ1) is 14.9. The molecule has 0 unspecified atom stereocenters. The molecule has 6 heteroatoms. The molecule has 6 nitrogen and oxygen atoms in total. The lowest BCUT2D eigenvalue weighted by molar-refractivity contribution is -0.384. The molecule has 1 heterocycles. The maximum absolute atomic E-state index is 10.9. The number of nitrogens with two attached hydrogens (primary N) is 1. The maximum atomic E-state index is 10.9. The number of rotatable bonds is 4. The Kier molecular flexibility index (Phi) is 4.16. The smallest absolute Gasteiger partial charge is 0.270 e. The quantitative estimate of drug-likeness (QED) is 0.688. The first-order valence-electron chi connectivity index (χ1n) is 6.75. The van der Waals surface area contributed by atoms with Gasteiger partial charge in [0.1, 0.15) is 5.82 Å². The topological polar surface area (TPSA) is 94.9 Å². The van der Waals surface area contributed by atoms with Gasteiger partial charge in [-0.3, -0.25) is 10.1 Å². The second-order valence-corrected chi connectivity index (χ2v) is 5.46. The first-order valence-corrected chi connectivity index (χ1v) is 6.75. The molecule has 0 aliphatic rings. The average molecular weight is 286 g/mol. The Morgan fingerprint density at radius 2 is 2.00 bits per heavy atom. The number of nitrogen functional groups attached to an aromatic ring is 1. The zero-order valence-electron chi connectivity index (χ0n) is 12.3. The minimum atomic E-state index is -0.426. The summed E-state index contributed by atoms with van der Waals surface area (Å²) in [5.74, 6) is 1.26. The van der Waals surface area contributed by atoms with E-state index in [-0.39, 0.29) is 5.69 Å². The van der Waals surface area contributed by atoms with Gasteiger partial charge in [0.2, 0.25) is 0 Å². The van der Waals surface area contributed by atoms with Crippen LogP contribution in [0.5, 0.6) is 0 Å². The molecule has 0 fully saturated rings. The van der Waals surface area contributed by atoms with Crippen molar-refractivity contribution in [2.45, 2.75) is 27.2 Å². The standard InChI is InChI=1S/C15H18N4O2/c1-9(2)6-11-7-14(16)18-15(17-11)13-8-12(19(20)21)5-4-10(13)3/h4-5,7-9H,6H2,1-3H3,(H2,16,17,18). The highest BCUT2D eigenvalue weighted by atomic mass is 16.6. The molecule has 0 amide bonds. The van der Waals surface area contributed by atoms with Crippen LogP contribution < -0.4 is 5.73 Å². The van der Waals surface area contributed by atoms with Gasteiger partial charge in [0.05, 0.1) is 4.92 Å². The highest BCUT2D eigenvalue weighted by Gasteiger charge is 2.14.